The van der Waals surface area contributed by atoms with Crippen LogP contribution in [0.1, 0.15) is 181 Å². The third kappa shape index (κ3) is 30.8. The maximum Gasteiger partial charge on any atom is 0.157 e. The lowest BCUT2D eigenvalue weighted by molar-refractivity contribution is -0.148. The Morgan fingerprint density at radius 3 is 1.35 bits per heavy atom. The summed E-state index contributed by atoms with van der Waals surface area (Å²) in [5.41, 5.74) is 0. The lowest BCUT2D eigenvalue weighted by Crippen LogP contribution is -2.31. The van der Waals surface area contributed by atoms with E-state index in [-0.39, 0.29) is 6.29 Å². The van der Waals surface area contributed by atoms with Crippen molar-refractivity contribution in [3.63, 3.8) is 0 Å². The van der Waals surface area contributed by atoms with Crippen LogP contribution in [0.3, 0.4) is 0 Å². The van der Waals surface area contributed by atoms with Crippen LogP contribution < -0.4 is 5.32 Å². The van der Waals surface area contributed by atoms with Gasteiger partial charge in [-0.25, -0.2) is 0 Å². The van der Waals surface area contributed by atoms with E-state index in [0.29, 0.717) is 6.04 Å². The monoisotopic (exact) mass is 569 g/mol. The van der Waals surface area contributed by atoms with E-state index in [0.717, 1.165) is 26.2 Å². The van der Waals surface area contributed by atoms with Crippen molar-refractivity contribution in [2.75, 3.05) is 40.4 Å². The second-order valence-electron chi connectivity index (χ2n) is 12.7. The molecule has 0 rings (SSSR count). The first kappa shape index (κ1) is 39.8. The van der Waals surface area contributed by atoms with Gasteiger partial charge in [0.2, 0.25) is 0 Å². The number of nitrogens with one attached hydrogen (secondary N) is 1. The third-order valence-corrected chi connectivity index (χ3v) is 8.22. The Hall–Kier alpha value is -0.160. The molecule has 242 valence electrons. The number of hydrogen-bond donors (Lipinski definition) is 1. The summed E-state index contributed by atoms with van der Waals surface area (Å²) < 4.78 is 12.5. The highest BCUT2D eigenvalue weighted by molar-refractivity contribution is 4.68. The van der Waals surface area contributed by atoms with Gasteiger partial charge in [-0.2, -0.15) is 0 Å². The van der Waals surface area contributed by atoms with Gasteiger partial charge in [0.1, 0.15) is 0 Å². The number of hydrogen-bond acceptors (Lipinski definition) is 4. The van der Waals surface area contributed by atoms with Gasteiger partial charge in [-0.3, -0.25) is 0 Å². The molecule has 0 aliphatic carbocycles. The van der Waals surface area contributed by atoms with Crippen molar-refractivity contribution in [1.82, 2.24) is 10.2 Å². The van der Waals surface area contributed by atoms with Gasteiger partial charge >= 0.3 is 0 Å². The maximum absolute atomic E-state index is 6.24. The van der Waals surface area contributed by atoms with Crippen LogP contribution in [0.4, 0.5) is 0 Å². The minimum atomic E-state index is 0.0187. The molecule has 0 aromatic carbocycles. The third-order valence-electron chi connectivity index (χ3n) is 8.22. The van der Waals surface area contributed by atoms with E-state index in [1.54, 1.807) is 0 Å². The normalized spacial score (nSPS) is 12.7. The summed E-state index contributed by atoms with van der Waals surface area (Å²) in [5.74, 6) is 0. The molecule has 0 aromatic rings. The lowest BCUT2D eigenvalue weighted by atomic mass is 10.0. The zero-order valence-electron chi connectivity index (χ0n) is 28.4. The Morgan fingerprint density at radius 2 is 0.875 bits per heavy atom. The molecule has 0 saturated carbocycles. The highest BCUT2D eigenvalue weighted by Crippen LogP contribution is 2.16. The fourth-order valence-corrected chi connectivity index (χ4v) is 5.51. The van der Waals surface area contributed by atoms with Crippen LogP contribution in [0.5, 0.6) is 0 Å². The summed E-state index contributed by atoms with van der Waals surface area (Å²) in [4.78, 5) is 2.29. The average Bonchev–Trinajstić information content (AvgIpc) is 2.94. The summed E-state index contributed by atoms with van der Waals surface area (Å²) in [7, 11) is 4.35. The smallest absolute Gasteiger partial charge is 0.157 e. The van der Waals surface area contributed by atoms with Crippen molar-refractivity contribution >= 4 is 0 Å². The molecule has 0 fully saturated rings. The Balaban J connectivity index is 4.16. The van der Waals surface area contributed by atoms with Crippen LogP contribution in [-0.2, 0) is 9.47 Å². The molecule has 0 amide bonds. The van der Waals surface area contributed by atoms with Gasteiger partial charge in [0.05, 0.1) is 0 Å². The van der Waals surface area contributed by atoms with Crippen molar-refractivity contribution in [2.24, 2.45) is 0 Å². The quantitative estimate of drug-likeness (QED) is 0.0618. The van der Waals surface area contributed by atoms with Crippen LogP contribution in [-0.4, -0.2) is 57.6 Å². The lowest BCUT2D eigenvalue weighted by Gasteiger charge is -2.20. The molecule has 0 aliphatic rings. The van der Waals surface area contributed by atoms with Crippen LogP contribution in [0, 0.1) is 0 Å². The minimum Gasteiger partial charge on any atom is -0.353 e. The molecule has 4 nitrogen and oxygen atoms in total. The van der Waals surface area contributed by atoms with Gasteiger partial charge < -0.3 is 19.7 Å². The summed E-state index contributed by atoms with van der Waals surface area (Å²) >= 11 is 0. The second kappa shape index (κ2) is 33.3. The number of ether oxygens (including phenoxy) is 2. The molecule has 0 spiro atoms. The van der Waals surface area contributed by atoms with E-state index in [2.05, 4.69) is 45.1 Å². The molecule has 0 bridgehead atoms. The Kier molecular flexibility index (Phi) is 33.2. The molecule has 0 heterocycles. The first-order valence-electron chi connectivity index (χ1n) is 18.2. The molecule has 0 aliphatic heterocycles. The molecule has 0 saturated heterocycles. The van der Waals surface area contributed by atoms with E-state index in [1.807, 2.05) is 0 Å². The first-order chi connectivity index (χ1) is 19.6. The molecule has 1 N–H and O–H groups in total. The number of unbranched alkanes of at least 4 members (excludes halogenated alkanes) is 17. The van der Waals surface area contributed by atoms with E-state index in [9.17, 15) is 0 Å². The molecular formula is C36H76N2O2. The highest BCUT2D eigenvalue weighted by atomic mass is 16.7. The predicted molar refractivity (Wildman–Crippen MR) is 178 cm³/mol. The van der Waals surface area contributed by atoms with E-state index in [4.69, 9.17) is 9.47 Å². The van der Waals surface area contributed by atoms with Gasteiger partial charge in [0.15, 0.2) is 6.29 Å². The van der Waals surface area contributed by atoms with Crippen molar-refractivity contribution in [3.05, 3.63) is 0 Å². The molecular weight excluding hydrogens is 492 g/mol. The van der Waals surface area contributed by atoms with E-state index in [1.165, 1.54) is 161 Å². The standard InChI is InChI=1S/C36H76N2O2/c1-6-9-12-15-20-25-33-39-36(40-34-26-21-16-13-10-7-2)30-24-19-17-18-23-29-35(28-22-14-11-8-3)37-31-27-32-38(4)5/h35-37H,6-34H2,1-5H3. The minimum absolute atomic E-state index is 0.0187. The topological polar surface area (TPSA) is 33.7 Å². The highest BCUT2D eigenvalue weighted by Gasteiger charge is 2.11. The molecule has 0 radical (unpaired) electrons. The SMILES string of the molecule is CCCCCCCCOC(CCCCCCCC(CCCCCC)NCCCN(C)C)OCCCCCCCC. The summed E-state index contributed by atoms with van der Waals surface area (Å²) in [6.45, 7) is 11.0. The van der Waals surface area contributed by atoms with Crippen molar-refractivity contribution in [2.45, 2.75) is 194 Å². The molecule has 1 unspecified atom stereocenters. The van der Waals surface area contributed by atoms with Crippen LogP contribution in [0.25, 0.3) is 0 Å². The molecule has 40 heavy (non-hydrogen) atoms. The Bertz CT molecular complexity index is 442. The summed E-state index contributed by atoms with van der Waals surface area (Å²) in [6.07, 6.45) is 33.0. The Labute approximate surface area is 253 Å². The first-order valence-corrected chi connectivity index (χ1v) is 18.2. The van der Waals surface area contributed by atoms with Gasteiger partial charge in [-0.15, -0.1) is 0 Å². The van der Waals surface area contributed by atoms with E-state index >= 15 is 0 Å². The maximum atomic E-state index is 6.24. The van der Waals surface area contributed by atoms with Crippen molar-refractivity contribution in [3.8, 4) is 0 Å². The molecule has 4 heteroatoms. The summed E-state index contributed by atoms with van der Waals surface area (Å²) in [5, 5.41) is 3.89. The molecule has 0 aromatic heterocycles. The fourth-order valence-electron chi connectivity index (χ4n) is 5.51. The predicted octanol–water partition coefficient (Wildman–Crippen LogP) is 10.7. The Morgan fingerprint density at radius 1 is 0.475 bits per heavy atom. The second-order valence-corrected chi connectivity index (χ2v) is 12.7. The zero-order chi connectivity index (χ0) is 29.4. The van der Waals surface area contributed by atoms with E-state index < -0.39 is 0 Å². The van der Waals surface area contributed by atoms with Gasteiger partial charge in [-0.1, -0.05) is 136 Å². The van der Waals surface area contributed by atoms with Crippen LogP contribution >= 0.6 is 0 Å². The fraction of sp³-hybridized carbons (Fsp3) is 1.00. The van der Waals surface area contributed by atoms with Crippen molar-refractivity contribution < 1.29 is 9.47 Å². The number of rotatable bonds is 34. The largest absolute Gasteiger partial charge is 0.353 e. The number of nitrogens with zero attached hydrogens (tertiary/aromatic N) is 1. The molecule has 1 atom stereocenters. The van der Waals surface area contributed by atoms with Gasteiger partial charge in [0, 0.05) is 19.3 Å². The van der Waals surface area contributed by atoms with Crippen LogP contribution in [0.2, 0.25) is 0 Å². The van der Waals surface area contributed by atoms with Gasteiger partial charge in [0.25, 0.3) is 0 Å². The van der Waals surface area contributed by atoms with Crippen LogP contribution in [0.15, 0.2) is 0 Å². The van der Waals surface area contributed by atoms with Gasteiger partial charge in [-0.05, 0) is 72.1 Å². The van der Waals surface area contributed by atoms with Crippen molar-refractivity contribution in [1.29, 1.82) is 0 Å². The zero-order valence-corrected chi connectivity index (χ0v) is 28.4. The summed E-state index contributed by atoms with van der Waals surface area (Å²) in [6, 6.07) is 0.717. The average molecular weight is 569 g/mol.